The molecule has 0 unspecified atom stereocenters. The Hall–Kier alpha value is -3.02. The van der Waals surface area contributed by atoms with Gasteiger partial charge in [0.25, 0.3) is 0 Å². The first-order valence-electron chi connectivity index (χ1n) is 7.03. The molecule has 0 radical (unpaired) electrons. The lowest BCUT2D eigenvalue weighted by Gasteiger charge is -2.13. The van der Waals surface area contributed by atoms with Crippen molar-refractivity contribution in [3.63, 3.8) is 0 Å². The van der Waals surface area contributed by atoms with E-state index in [0.29, 0.717) is 28.8 Å². The van der Waals surface area contributed by atoms with Crippen molar-refractivity contribution in [1.82, 2.24) is 9.97 Å². The number of aryl methyl sites for hydroxylation is 1. The number of benzene rings is 1. The number of rotatable bonds is 4. The highest BCUT2D eigenvalue weighted by Gasteiger charge is 2.12. The second-order valence-corrected chi connectivity index (χ2v) is 5.01. The number of ether oxygens (including phenoxy) is 3. The van der Waals surface area contributed by atoms with Gasteiger partial charge in [0.2, 0.25) is 0 Å². The number of aromatic nitrogens is 2. The van der Waals surface area contributed by atoms with Crippen molar-refractivity contribution in [2.24, 2.45) is 0 Å². The summed E-state index contributed by atoms with van der Waals surface area (Å²) in [6, 6.07) is 9.00. The van der Waals surface area contributed by atoms with Crippen LogP contribution < -0.4 is 19.9 Å². The van der Waals surface area contributed by atoms with E-state index in [-0.39, 0.29) is 0 Å². The van der Waals surface area contributed by atoms with Crippen LogP contribution in [-0.2, 0) is 0 Å². The average Bonchev–Trinajstić information content (AvgIpc) is 2.55. The molecule has 3 rings (SSSR count). The van der Waals surface area contributed by atoms with Crippen LogP contribution in [0.1, 0.15) is 5.69 Å². The predicted octanol–water partition coefficient (Wildman–Crippen LogP) is 3.33. The van der Waals surface area contributed by atoms with E-state index in [2.05, 4.69) is 9.97 Å². The molecule has 0 aliphatic carbocycles. The molecule has 0 aliphatic rings. The van der Waals surface area contributed by atoms with Crippen molar-refractivity contribution in [3.05, 3.63) is 42.2 Å². The fourth-order valence-corrected chi connectivity index (χ4v) is 2.31. The zero-order valence-electron chi connectivity index (χ0n) is 13.2. The lowest BCUT2D eigenvalue weighted by molar-refractivity contribution is 0.355. The summed E-state index contributed by atoms with van der Waals surface area (Å²) < 4.78 is 16.6. The summed E-state index contributed by atoms with van der Waals surface area (Å²) in [4.78, 5) is 8.56. The van der Waals surface area contributed by atoms with E-state index in [9.17, 15) is 0 Å². The van der Waals surface area contributed by atoms with Crippen LogP contribution in [0.4, 0.5) is 5.82 Å². The molecule has 118 valence electrons. The Labute approximate surface area is 133 Å². The molecule has 6 heteroatoms. The molecule has 3 aromatic rings. The predicted molar refractivity (Wildman–Crippen MR) is 88.3 cm³/mol. The summed E-state index contributed by atoms with van der Waals surface area (Å²) in [6.45, 7) is 1.91. The fraction of sp³-hybridized carbons (Fsp3) is 0.176. The van der Waals surface area contributed by atoms with Crippen molar-refractivity contribution >= 4 is 16.7 Å². The van der Waals surface area contributed by atoms with Gasteiger partial charge in [0.15, 0.2) is 11.5 Å². The molecular formula is C17H17N3O3. The Balaban J connectivity index is 2.13. The van der Waals surface area contributed by atoms with E-state index >= 15 is 0 Å². The Kier molecular flexibility index (Phi) is 3.89. The zero-order chi connectivity index (χ0) is 16.4. The maximum Gasteiger partial charge on any atom is 0.162 e. The monoisotopic (exact) mass is 311 g/mol. The van der Waals surface area contributed by atoms with E-state index in [1.807, 2.05) is 25.1 Å². The number of anilines is 1. The van der Waals surface area contributed by atoms with Crippen LogP contribution in [0.3, 0.4) is 0 Å². The number of nitrogens with zero attached hydrogens (tertiary/aromatic N) is 2. The Morgan fingerprint density at radius 3 is 2.35 bits per heavy atom. The molecule has 0 spiro atoms. The molecular weight excluding hydrogens is 294 g/mol. The van der Waals surface area contributed by atoms with Crippen molar-refractivity contribution in [2.75, 3.05) is 20.0 Å². The highest BCUT2D eigenvalue weighted by molar-refractivity contribution is 5.88. The first-order valence-corrected chi connectivity index (χ1v) is 7.03. The first-order chi connectivity index (χ1) is 11.1. The molecule has 2 heterocycles. The summed E-state index contributed by atoms with van der Waals surface area (Å²) in [5, 5.41) is 0.824. The van der Waals surface area contributed by atoms with Crippen LogP contribution in [0.25, 0.3) is 10.9 Å². The van der Waals surface area contributed by atoms with Gasteiger partial charge in [0, 0.05) is 23.2 Å². The van der Waals surface area contributed by atoms with Crippen LogP contribution >= 0.6 is 0 Å². The third-order valence-corrected chi connectivity index (χ3v) is 3.39. The van der Waals surface area contributed by atoms with Crippen LogP contribution in [0.15, 0.2) is 36.5 Å². The quantitative estimate of drug-likeness (QED) is 0.796. The second kappa shape index (κ2) is 6.00. The lowest BCUT2D eigenvalue weighted by Crippen LogP contribution is -1.95. The normalized spacial score (nSPS) is 10.6. The lowest BCUT2D eigenvalue weighted by atomic mass is 10.1. The fourth-order valence-electron chi connectivity index (χ4n) is 2.31. The molecule has 0 aliphatic heterocycles. The Bertz CT molecular complexity index is 848. The molecule has 2 N–H and O–H groups in total. The second-order valence-electron chi connectivity index (χ2n) is 5.01. The highest BCUT2D eigenvalue weighted by Crippen LogP contribution is 2.37. The summed E-state index contributed by atoms with van der Waals surface area (Å²) in [7, 11) is 3.19. The van der Waals surface area contributed by atoms with Crippen molar-refractivity contribution in [3.8, 4) is 23.0 Å². The van der Waals surface area contributed by atoms with E-state index in [1.165, 1.54) is 0 Å². The summed E-state index contributed by atoms with van der Waals surface area (Å²) in [5.74, 6) is 2.95. The molecule has 0 saturated carbocycles. The van der Waals surface area contributed by atoms with Gasteiger partial charge < -0.3 is 19.9 Å². The molecule has 0 fully saturated rings. The average molecular weight is 311 g/mol. The maximum absolute atomic E-state index is 5.95. The molecule has 6 nitrogen and oxygen atoms in total. The van der Waals surface area contributed by atoms with Gasteiger partial charge in [-0.2, -0.15) is 0 Å². The summed E-state index contributed by atoms with van der Waals surface area (Å²) >= 11 is 0. The standard InChI is InChI=1S/C17H17N3O3/c1-10-6-14(23-11-4-5-17(18)19-9-11)12-7-15(21-2)16(22-3)8-13(12)20-10/h4-9H,1-3H3,(H2,18,19). The molecule has 0 atom stereocenters. The molecule has 0 amide bonds. The number of nitrogens with two attached hydrogens (primary N) is 1. The van der Waals surface area contributed by atoms with Gasteiger partial charge in [-0.25, -0.2) is 4.98 Å². The zero-order valence-corrected chi connectivity index (χ0v) is 13.2. The molecule has 2 aromatic heterocycles. The minimum absolute atomic E-state index is 0.444. The number of pyridine rings is 2. The van der Waals surface area contributed by atoms with Crippen LogP contribution in [-0.4, -0.2) is 24.2 Å². The van der Waals surface area contributed by atoms with E-state index in [1.54, 1.807) is 32.5 Å². The van der Waals surface area contributed by atoms with Crippen molar-refractivity contribution < 1.29 is 14.2 Å². The van der Waals surface area contributed by atoms with E-state index < -0.39 is 0 Å². The van der Waals surface area contributed by atoms with Gasteiger partial charge in [-0.15, -0.1) is 0 Å². The number of methoxy groups -OCH3 is 2. The van der Waals surface area contributed by atoms with Crippen molar-refractivity contribution in [1.29, 1.82) is 0 Å². The van der Waals surface area contributed by atoms with E-state index in [0.717, 1.165) is 16.6 Å². The maximum atomic E-state index is 5.95. The third-order valence-electron chi connectivity index (χ3n) is 3.39. The smallest absolute Gasteiger partial charge is 0.162 e. The molecule has 23 heavy (non-hydrogen) atoms. The minimum atomic E-state index is 0.444. The van der Waals surface area contributed by atoms with E-state index in [4.69, 9.17) is 19.9 Å². The van der Waals surface area contributed by atoms with Gasteiger partial charge >= 0.3 is 0 Å². The molecule has 0 bridgehead atoms. The number of hydrogen-bond donors (Lipinski definition) is 1. The van der Waals surface area contributed by atoms with Gasteiger partial charge in [-0.3, -0.25) is 4.98 Å². The SMILES string of the molecule is COc1cc2nc(C)cc(Oc3ccc(N)nc3)c2cc1OC. The topological polar surface area (TPSA) is 79.5 Å². The number of nitrogen functional groups attached to an aromatic ring is 1. The Morgan fingerprint density at radius 2 is 1.70 bits per heavy atom. The summed E-state index contributed by atoms with van der Waals surface area (Å²) in [6.07, 6.45) is 1.58. The molecule has 0 saturated heterocycles. The number of hydrogen-bond acceptors (Lipinski definition) is 6. The number of fused-ring (bicyclic) bond motifs is 1. The van der Waals surface area contributed by atoms with Gasteiger partial charge in [0.05, 0.1) is 25.9 Å². The molecule has 1 aromatic carbocycles. The van der Waals surface area contributed by atoms with Crippen LogP contribution in [0, 0.1) is 6.92 Å². The Morgan fingerprint density at radius 1 is 0.957 bits per heavy atom. The largest absolute Gasteiger partial charge is 0.493 e. The van der Waals surface area contributed by atoms with Gasteiger partial charge in [0.1, 0.15) is 17.3 Å². The third kappa shape index (κ3) is 2.96. The van der Waals surface area contributed by atoms with Crippen molar-refractivity contribution in [2.45, 2.75) is 6.92 Å². The van der Waals surface area contributed by atoms with Gasteiger partial charge in [-0.1, -0.05) is 0 Å². The van der Waals surface area contributed by atoms with Crippen LogP contribution in [0.5, 0.6) is 23.0 Å². The van der Waals surface area contributed by atoms with Gasteiger partial charge in [-0.05, 0) is 25.1 Å². The minimum Gasteiger partial charge on any atom is -0.493 e. The van der Waals surface area contributed by atoms with Crippen LogP contribution in [0.2, 0.25) is 0 Å². The first kappa shape index (κ1) is 14.9. The highest BCUT2D eigenvalue weighted by atomic mass is 16.5. The summed E-state index contributed by atoms with van der Waals surface area (Å²) in [5.41, 5.74) is 7.20.